The number of ether oxygens (including phenoxy) is 1. The molecule has 2 N–H and O–H groups in total. The average Bonchev–Trinajstić information content (AvgIpc) is 2.68. The van der Waals surface area contributed by atoms with Crippen molar-refractivity contribution >= 4 is 22.6 Å². The summed E-state index contributed by atoms with van der Waals surface area (Å²) in [6.45, 7) is 3.36. The van der Waals surface area contributed by atoms with E-state index >= 15 is 0 Å². The topological polar surface area (TPSA) is 88.5 Å². The maximum absolute atomic E-state index is 12.2. The smallest absolute Gasteiger partial charge is 0.325 e. The van der Waals surface area contributed by atoms with E-state index in [1.165, 1.54) is 0 Å². The molecule has 0 spiro atoms. The fourth-order valence-electron chi connectivity index (χ4n) is 2.85. The molecule has 1 amide bonds. The second kappa shape index (κ2) is 7.86. The molecule has 0 radical (unpaired) electrons. The first-order chi connectivity index (χ1) is 13.0. The first-order valence-corrected chi connectivity index (χ1v) is 8.62. The Morgan fingerprint density at radius 3 is 2.63 bits per heavy atom. The first kappa shape index (κ1) is 18.4. The van der Waals surface area contributed by atoms with Crippen LogP contribution in [0.5, 0.6) is 5.75 Å². The van der Waals surface area contributed by atoms with E-state index in [4.69, 9.17) is 4.74 Å². The number of pyridine rings is 1. The lowest BCUT2D eigenvalue weighted by atomic mass is 9.98. The van der Waals surface area contributed by atoms with Crippen molar-refractivity contribution in [2.75, 3.05) is 13.2 Å². The van der Waals surface area contributed by atoms with Gasteiger partial charge in [-0.15, -0.1) is 0 Å². The van der Waals surface area contributed by atoms with Crippen molar-refractivity contribution in [3.05, 3.63) is 59.9 Å². The molecule has 0 aliphatic rings. The van der Waals surface area contributed by atoms with E-state index < -0.39 is 11.9 Å². The minimum atomic E-state index is -0.631. The summed E-state index contributed by atoms with van der Waals surface area (Å²) in [5.74, 6) is -1.38. The van der Waals surface area contributed by atoms with Crippen LogP contribution in [0.25, 0.3) is 21.9 Å². The Labute approximate surface area is 156 Å². The fraction of sp³-hybridized carbons (Fsp3) is 0.190. The molecule has 3 aromatic rings. The van der Waals surface area contributed by atoms with Gasteiger partial charge in [-0.05, 0) is 36.2 Å². The molecule has 0 aliphatic heterocycles. The predicted molar refractivity (Wildman–Crippen MR) is 103 cm³/mol. The Balaban J connectivity index is 1.88. The van der Waals surface area contributed by atoms with Crippen molar-refractivity contribution in [2.45, 2.75) is 13.8 Å². The van der Waals surface area contributed by atoms with Crippen LogP contribution in [0.1, 0.15) is 23.0 Å². The Morgan fingerprint density at radius 2 is 1.89 bits per heavy atom. The third kappa shape index (κ3) is 3.89. The molecule has 6 heteroatoms. The van der Waals surface area contributed by atoms with Gasteiger partial charge in [-0.3, -0.25) is 9.59 Å². The number of nitrogens with zero attached hydrogens (tertiary/aromatic N) is 1. The number of nitrogens with one attached hydrogen (secondary N) is 1. The highest BCUT2D eigenvalue weighted by molar-refractivity contribution is 5.98. The van der Waals surface area contributed by atoms with Gasteiger partial charge in [0.2, 0.25) is 0 Å². The quantitative estimate of drug-likeness (QED) is 0.679. The van der Waals surface area contributed by atoms with Crippen LogP contribution in [-0.2, 0) is 9.53 Å². The Kier molecular flexibility index (Phi) is 5.35. The zero-order chi connectivity index (χ0) is 19.4. The van der Waals surface area contributed by atoms with Gasteiger partial charge in [0.15, 0.2) is 5.69 Å². The van der Waals surface area contributed by atoms with Crippen LogP contribution in [0.2, 0.25) is 0 Å². The maximum atomic E-state index is 12.2. The number of aromatic nitrogens is 1. The van der Waals surface area contributed by atoms with Crippen LogP contribution in [0.15, 0.2) is 48.7 Å². The number of esters is 1. The molecule has 0 atom stereocenters. The van der Waals surface area contributed by atoms with E-state index in [2.05, 4.69) is 10.3 Å². The monoisotopic (exact) mass is 364 g/mol. The van der Waals surface area contributed by atoms with Crippen molar-refractivity contribution < 1.29 is 19.4 Å². The summed E-state index contributed by atoms with van der Waals surface area (Å²) in [6, 6.07) is 13.9. The highest BCUT2D eigenvalue weighted by atomic mass is 16.5. The molecule has 3 rings (SSSR count). The fourth-order valence-corrected chi connectivity index (χ4v) is 2.85. The zero-order valence-electron chi connectivity index (χ0n) is 15.2. The van der Waals surface area contributed by atoms with E-state index in [1.807, 2.05) is 42.5 Å². The molecule has 0 fully saturated rings. The Morgan fingerprint density at radius 1 is 1.15 bits per heavy atom. The lowest BCUT2D eigenvalue weighted by Crippen LogP contribution is -2.31. The number of carbonyl (C=O) groups excluding carboxylic acids is 2. The number of carbonyl (C=O) groups is 2. The van der Waals surface area contributed by atoms with Gasteiger partial charge < -0.3 is 15.2 Å². The van der Waals surface area contributed by atoms with Gasteiger partial charge in [0.05, 0.1) is 6.61 Å². The van der Waals surface area contributed by atoms with Gasteiger partial charge >= 0.3 is 5.97 Å². The maximum Gasteiger partial charge on any atom is 0.325 e. The van der Waals surface area contributed by atoms with Crippen LogP contribution in [0.4, 0.5) is 0 Å². The van der Waals surface area contributed by atoms with Crippen molar-refractivity contribution in [3.63, 3.8) is 0 Å². The molecule has 1 heterocycles. The second-order valence-electron chi connectivity index (χ2n) is 6.04. The largest absolute Gasteiger partial charge is 0.505 e. The molecule has 0 unspecified atom stereocenters. The summed E-state index contributed by atoms with van der Waals surface area (Å²) in [7, 11) is 0. The van der Waals surface area contributed by atoms with E-state index in [0.29, 0.717) is 5.56 Å². The molecule has 0 aliphatic carbocycles. The van der Waals surface area contributed by atoms with Crippen molar-refractivity contribution in [2.24, 2.45) is 0 Å². The number of benzene rings is 2. The van der Waals surface area contributed by atoms with Crippen LogP contribution in [-0.4, -0.2) is 35.1 Å². The number of fused-ring (bicyclic) bond motifs is 1. The van der Waals surface area contributed by atoms with Crippen molar-refractivity contribution in [3.8, 4) is 16.9 Å². The standard InChI is InChI=1S/C21H20N2O4/c1-3-27-18(24)12-23-21(26)19-20(25)13(2)17(11-22-19)16-9-8-14-6-4-5-7-15(14)10-16/h4-11,25H,3,12H2,1-2H3,(H,23,26). The molecule has 0 saturated carbocycles. The molecule has 0 bridgehead atoms. The van der Waals surface area contributed by atoms with Gasteiger partial charge in [0.25, 0.3) is 5.91 Å². The number of amides is 1. The number of hydrogen-bond donors (Lipinski definition) is 2. The van der Waals surface area contributed by atoms with E-state index in [9.17, 15) is 14.7 Å². The third-order valence-corrected chi connectivity index (χ3v) is 4.28. The predicted octanol–water partition coefficient (Wildman–Crippen LogP) is 3.21. The number of hydrogen-bond acceptors (Lipinski definition) is 5. The molecular formula is C21H20N2O4. The van der Waals surface area contributed by atoms with Crippen LogP contribution >= 0.6 is 0 Å². The van der Waals surface area contributed by atoms with Crippen LogP contribution in [0, 0.1) is 6.92 Å². The molecule has 27 heavy (non-hydrogen) atoms. The van der Waals surface area contributed by atoms with E-state index in [0.717, 1.165) is 21.9 Å². The summed E-state index contributed by atoms with van der Waals surface area (Å²) in [4.78, 5) is 27.7. The third-order valence-electron chi connectivity index (χ3n) is 4.28. The van der Waals surface area contributed by atoms with Gasteiger partial charge in [0, 0.05) is 17.3 Å². The zero-order valence-corrected chi connectivity index (χ0v) is 15.2. The normalized spacial score (nSPS) is 10.6. The summed E-state index contributed by atoms with van der Waals surface area (Å²) in [6.07, 6.45) is 1.55. The Hall–Kier alpha value is -3.41. The summed E-state index contributed by atoms with van der Waals surface area (Å²) in [5.41, 5.74) is 2.05. The van der Waals surface area contributed by atoms with Gasteiger partial charge in [-0.2, -0.15) is 0 Å². The second-order valence-corrected chi connectivity index (χ2v) is 6.04. The molecule has 2 aromatic carbocycles. The SMILES string of the molecule is CCOC(=O)CNC(=O)c1ncc(-c2ccc3ccccc3c2)c(C)c1O. The molecule has 6 nitrogen and oxygen atoms in total. The summed E-state index contributed by atoms with van der Waals surface area (Å²) >= 11 is 0. The van der Waals surface area contributed by atoms with E-state index in [-0.39, 0.29) is 24.6 Å². The van der Waals surface area contributed by atoms with Gasteiger partial charge in [0.1, 0.15) is 12.3 Å². The minimum Gasteiger partial charge on any atom is -0.505 e. The Bertz CT molecular complexity index is 1010. The van der Waals surface area contributed by atoms with Crippen LogP contribution < -0.4 is 5.32 Å². The van der Waals surface area contributed by atoms with Gasteiger partial charge in [-0.1, -0.05) is 36.4 Å². The average molecular weight is 364 g/mol. The molecule has 0 saturated heterocycles. The van der Waals surface area contributed by atoms with Gasteiger partial charge in [-0.25, -0.2) is 4.98 Å². The van der Waals surface area contributed by atoms with Crippen molar-refractivity contribution in [1.29, 1.82) is 0 Å². The number of aromatic hydroxyl groups is 1. The molecular weight excluding hydrogens is 344 g/mol. The lowest BCUT2D eigenvalue weighted by Gasteiger charge is -2.12. The molecule has 1 aromatic heterocycles. The highest BCUT2D eigenvalue weighted by Gasteiger charge is 2.18. The summed E-state index contributed by atoms with van der Waals surface area (Å²) < 4.78 is 4.76. The highest BCUT2D eigenvalue weighted by Crippen LogP contribution is 2.32. The molecule has 138 valence electrons. The minimum absolute atomic E-state index is 0.124. The van der Waals surface area contributed by atoms with E-state index in [1.54, 1.807) is 20.0 Å². The first-order valence-electron chi connectivity index (χ1n) is 8.62. The lowest BCUT2D eigenvalue weighted by molar-refractivity contribution is -0.141. The van der Waals surface area contributed by atoms with Crippen LogP contribution in [0.3, 0.4) is 0 Å². The number of rotatable bonds is 5. The van der Waals surface area contributed by atoms with Crippen molar-refractivity contribution in [1.82, 2.24) is 10.3 Å². The summed E-state index contributed by atoms with van der Waals surface area (Å²) in [5, 5.41) is 15.0.